The minimum atomic E-state index is -3.68. The molecular weight excluding hydrogens is 373 g/mol. The van der Waals surface area contributed by atoms with Gasteiger partial charge in [-0.25, -0.2) is 17.5 Å². The minimum absolute atomic E-state index is 0.0000188. The van der Waals surface area contributed by atoms with E-state index in [9.17, 15) is 12.8 Å². The van der Waals surface area contributed by atoms with Crippen molar-refractivity contribution in [1.82, 2.24) is 14.5 Å². The Morgan fingerprint density at radius 2 is 1.96 bits per heavy atom. The van der Waals surface area contributed by atoms with Crippen LogP contribution >= 0.6 is 11.3 Å². The van der Waals surface area contributed by atoms with Gasteiger partial charge >= 0.3 is 0 Å². The summed E-state index contributed by atoms with van der Waals surface area (Å²) in [5.74, 6) is -0.405. The first kappa shape index (κ1) is 19.4. The van der Waals surface area contributed by atoms with Crippen molar-refractivity contribution in [3.8, 4) is 0 Å². The average molecular weight is 398 g/mol. The normalized spacial score (nSPS) is 18.1. The Labute approximate surface area is 158 Å². The number of rotatable bonds is 6. The molecule has 0 spiro atoms. The van der Waals surface area contributed by atoms with Crippen LogP contribution in [0.3, 0.4) is 0 Å². The number of thiophene rings is 1. The van der Waals surface area contributed by atoms with Crippen LogP contribution < -0.4 is 4.72 Å². The molecule has 0 aliphatic carbocycles. The summed E-state index contributed by atoms with van der Waals surface area (Å²) in [7, 11) is -1.59. The Bertz CT molecular complexity index is 832. The average Bonchev–Trinajstić information content (AvgIpc) is 3.13. The monoisotopic (exact) mass is 397 g/mol. The summed E-state index contributed by atoms with van der Waals surface area (Å²) in [6.07, 6.45) is 0. The smallest absolute Gasteiger partial charge is 0.240 e. The zero-order chi connectivity index (χ0) is 18.7. The second-order valence-corrected chi connectivity index (χ2v) is 9.38. The van der Waals surface area contributed by atoms with Crippen LogP contribution in [0.4, 0.5) is 4.39 Å². The quantitative estimate of drug-likeness (QED) is 0.814. The van der Waals surface area contributed by atoms with Gasteiger partial charge in [0.25, 0.3) is 0 Å². The standard InChI is InChI=1S/C18H24FN3O2S2/c1-14-12-15(5-6-16(14)19)26(23,24)20-13-17(18-4-3-11-25-18)22-9-7-21(2)8-10-22/h3-6,11-12,17,20H,7-10,13H2,1-2H3. The lowest BCUT2D eigenvalue weighted by atomic mass is 10.2. The minimum Gasteiger partial charge on any atom is -0.304 e. The van der Waals surface area contributed by atoms with Gasteiger partial charge in [0, 0.05) is 37.6 Å². The first-order valence-corrected chi connectivity index (χ1v) is 10.9. The first-order chi connectivity index (χ1) is 12.4. The van der Waals surface area contributed by atoms with Crippen LogP contribution in [0, 0.1) is 12.7 Å². The molecule has 26 heavy (non-hydrogen) atoms. The maximum absolute atomic E-state index is 13.4. The molecule has 2 aromatic rings. The van der Waals surface area contributed by atoms with Crippen LogP contribution in [0.15, 0.2) is 40.6 Å². The molecule has 1 aliphatic rings. The molecule has 0 radical (unpaired) electrons. The van der Waals surface area contributed by atoms with E-state index in [0.717, 1.165) is 31.1 Å². The highest BCUT2D eigenvalue weighted by Gasteiger charge is 2.26. The van der Waals surface area contributed by atoms with Gasteiger partial charge < -0.3 is 4.90 Å². The molecule has 1 saturated heterocycles. The topological polar surface area (TPSA) is 52.7 Å². The zero-order valence-corrected chi connectivity index (χ0v) is 16.6. The maximum Gasteiger partial charge on any atom is 0.240 e. The van der Waals surface area contributed by atoms with E-state index in [1.54, 1.807) is 18.3 Å². The molecule has 1 atom stereocenters. The van der Waals surface area contributed by atoms with Gasteiger partial charge in [-0.2, -0.15) is 0 Å². The van der Waals surface area contributed by atoms with Crippen molar-refractivity contribution in [1.29, 1.82) is 0 Å². The fraction of sp³-hybridized carbons (Fsp3) is 0.444. The van der Waals surface area contributed by atoms with Crippen molar-refractivity contribution in [3.05, 3.63) is 52.0 Å². The lowest BCUT2D eigenvalue weighted by Crippen LogP contribution is -2.48. The van der Waals surface area contributed by atoms with E-state index in [0.29, 0.717) is 12.1 Å². The number of piperazine rings is 1. The molecule has 5 nitrogen and oxygen atoms in total. The number of sulfonamides is 1. The van der Waals surface area contributed by atoms with E-state index >= 15 is 0 Å². The Morgan fingerprint density at radius 1 is 1.23 bits per heavy atom. The van der Waals surface area contributed by atoms with Crippen LogP contribution in [-0.2, 0) is 10.0 Å². The lowest BCUT2D eigenvalue weighted by Gasteiger charge is -2.37. The highest BCUT2D eigenvalue weighted by atomic mass is 32.2. The van der Waals surface area contributed by atoms with Gasteiger partial charge in [0.05, 0.1) is 10.9 Å². The SMILES string of the molecule is Cc1cc(S(=O)(=O)NCC(c2cccs2)N2CCN(C)CC2)ccc1F. The molecule has 0 saturated carbocycles. The molecule has 0 amide bonds. The van der Waals surface area contributed by atoms with E-state index in [4.69, 9.17) is 0 Å². The second kappa shape index (κ2) is 8.14. The van der Waals surface area contributed by atoms with Gasteiger partial charge in [-0.1, -0.05) is 6.07 Å². The number of nitrogens with one attached hydrogen (secondary N) is 1. The van der Waals surface area contributed by atoms with Gasteiger partial charge in [-0.15, -0.1) is 11.3 Å². The number of benzene rings is 1. The molecule has 2 heterocycles. The Kier molecular flexibility index (Phi) is 6.09. The van der Waals surface area contributed by atoms with Crippen LogP contribution in [0.25, 0.3) is 0 Å². The van der Waals surface area contributed by atoms with Gasteiger partial charge in [0.1, 0.15) is 5.82 Å². The molecule has 1 aliphatic heterocycles. The van der Waals surface area contributed by atoms with Crippen molar-refractivity contribution < 1.29 is 12.8 Å². The number of aryl methyl sites for hydroxylation is 1. The number of likely N-dealkylation sites (N-methyl/N-ethyl adjacent to an activating group) is 1. The molecule has 8 heteroatoms. The Balaban J connectivity index is 1.75. The summed E-state index contributed by atoms with van der Waals surface area (Å²) in [5, 5.41) is 2.01. The third-order valence-electron chi connectivity index (χ3n) is 4.76. The highest BCUT2D eigenvalue weighted by Crippen LogP contribution is 2.26. The fourth-order valence-corrected chi connectivity index (χ4v) is 5.06. The summed E-state index contributed by atoms with van der Waals surface area (Å²) in [5.41, 5.74) is 0.321. The fourth-order valence-electron chi connectivity index (χ4n) is 3.08. The summed E-state index contributed by atoms with van der Waals surface area (Å²) in [6, 6.07) is 7.90. The van der Waals surface area contributed by atoms with Crippen LogP contribution in [0.1, 0.15) is 16.5 Å². The van der Waals surface area contributed by atoms with Crippen molar-refractivity contribution in [3.63, 3.8) is 0 Å². The van der Waals surface area contributed by atoms with E-state index in [-0.39, 0.29) is 10.9 Å². The number of hydrogen-bond acceptors (Lipinski definition) is 5. The summed E-state index contributed by atoms with van der Waals surface area (Å²) in [4.78, 5) is 5.84. The largest absolute Gasteiger partial charge is 0.304 e. The molecule has 1 unspecified atom stereocenters. The third kappa shape index (κ3) is 4.50. The van der Waals surface area contributed by atoms with Gasteiger partial charge in [-0.05, 0) is 49.2 Å². The van der Waals surface area contributed by atoms with E-state index < -0.39 is 15.8 Å². The van der Waals surface area contributed by atoms with Gasteiger partial charge in [0.15, 0.2) is 0 Å². The molecule has 1 aromatic carbocycles. The second-order valence-electron chi connectivity index (χ2n) is 6.63. The first-order valence-electron chi connectivity index (χ1n) is 8.58. The zero-order valence-electron chi connectivity index (χ0n) is 15.0. The molecule has 3 rings (SSSR count). The lowest BCUT2D eigenvalue weighted by molar-refractivity contribution is 0.114. The highest BCUT2D eigenvalue weighted by molar-refractivity contribution is 7.89. The van der Waals surface area contributed by atoms with Gasteiger partial charge in [0.2, 0.25) is 10.0 Å². The number of hydrogen-bond donors (Lipinski definition) is 1. The van der Waals surface area contributed by atoms with Crippen molar-refractivity contribution in [2.45, 2.75) is 17.9 Å². The summed E-state index contributed by atoms with van der Waals surface area (Å²) in [6.45, 7) is 5.58. The molecule has 0 bridgehead atoms. The van der Waals surface area contributed by atoms with Crippen LogP contribution in [0.2, 0.25) is 0 Å². The summed E-state index contributed by atoms with van der Waals surface area (Å²) < 4.78 is 41.5. The van der Waals surface area contributed by atoms with Crippen LogP contribution in [0.5, 0.6) is 0 Å². The predicted octanol–water partition coefficient (Wildman–Crippen LogP) is 2.46. The van der Waals surface area contributed by atoms with Crippen LogP contribution in [-0.4, -0.2) is 58.0 Å². The van der Waals surface area contributed by atoms with E-state index in [1.807, 2.05) is 17.5 Å². The molecule has 1 aromatic heterocycles. The van der Waals surface area contributed by atoms with Gasteiger partial charge in [-0.3, -0.25) is 4.90 Å². The van der Waals surface area contributed by atoms with E-state index in [1.165, 1.54) is 18.2 Å². The number of nitrogens with zero attached hydrogens (tertiary/aromatic N) is 2. The predicted molar refractivity (Wildman–Crippen MR) is 102 cm³/mol. The Hall–Kier alpha value is -1.32. The molecule has 1 N–H and O–H groups in total. The maximum atomic E-state index is 13.4. The Morgan fingerprint density at radius 3 is 2.58 bits per heavy atom. The summed E-state index contributed by atoms with van der Waals surface area (Å²) >= 11 is 1.64. The van der Waals surface area contributed by atoms with Crippen molar-refractivity contribution in [2.24, 2.45) is 0 Å². The number of halogens is 1. The molecular formula is C18H24FN3O2S2. The molecule has 1 fully saturated rings. The van der Waals surface area contributed by atoms with Crippen molar-refractivity contribution in [2.75, 3.05) is 39.8 Å². The van der Waals surface area contributed by atoms with Crippen molar-refractivity contribution >= 4 is 21.4 Å². The third-order valence-corrected chi connectivity index (χ3v) is 7.15. The molecule has 142 valence electrons. The van der Waals surface area contributed by atoms with E-state index in [2.05, 4.69) is 21.6 Å².